The number of halogens is 2. The van der Waals surface area contributed by atoms with E-state index in [-0.39, 0.29) is 11.7 Å². The number of imidazole rings is 1. The summed E-state index contributed by atoms with van der Waals surface area (Å²) in [5.41, 5.74) is 1.99. The molecule has 0 radical (unpaired) electrons. The summed E-state index contributed by atoms with van der Waals surface area (Å²) in [5.74, 6) is 0.289. The molecule has 0 fully saturated rings. The molecule has 1 aromatic heterocycles. The van der Waals surface area contributed by atoms with Crippen LogP contribution in [0.4, 0.5) is 4.39 Å². The van der Waals surface area contributed by atoms with Crippen LogP contribution < -0.4 is 5.32 Å². The Balaban J connectivity index is 1.59. The highest BCUT2D eigenvalue weighted by Crippen LogP contribution is 2.13. The molecule has 22 heavy (non-hydrogen) atoms. The number of fused-ring (bicyclic) bond motifs is 1. The smallest absolute Gasteiger partial charge is 0.251 e. The van der Waals surface area contributed by atoms with Gasteiger partial charge in [0, 0.05) is 23.0 Å². The third-order valence-corrected chi connectivity index (χ3v) is 3.78. The quantitative estimate of drug-likeness (QED) is 0.747. The van der Waals surface area contributed by atoms with Crippen LogP contribution in [-0.4, -0.2) is 22.4 Å². The molecule has 1 heterocycles. The summed E-state index contributed by atoms with van der Waals surface area (Å²) in [6.07, 6.45) is 0.554. The van der Waals surface area contributed by atoms with Gasteiger partial charge in [0.25, 0.3) is 5.91 Å². The molecule has 0 spiro atoms. The highest BCUT2D eigenvalue weighted by atomic mass is 79.9. The Morgan fingerprint density at radius 3 is 2.77 bits per heavy atom. The molecule has 0 aliphatic carbocycles. The molecule has 1 amide bonds. The van der Waals surface area contributed by atoms with E-state index in [9.17, 15) is 9.18 Å². The standard InChI is InChI=1S/C16H13BrFN3O/c17-11-3-1-10(2-4-11)16(22)19-8-7-15-20-13-6-5-12(18)9-14(13)21-15/h1-6,9H,7-8H2,(H,19,22)(H,20,21). The first kappa shape index (κ1) is 14.7. The lowest BCUT2D eigenvalue weighted by Gasteiger charge is -2.04. The molecule has 2 N–H and O–H groups in total. The molecule has 4 nitrogen and oxygen atoms in total. The van der Waals surface area contributed by atoms with Gasteiger partial charge in [0.2, 0.25) is 0 Å². The first-order valence-corrected chi connectivity index (χ1v) is 7.59. The second-order valence-corrected chi connectivity index (χ2v) is 5.77. The maximum atomic E-state index is 13.1. The zero-order valence-corrected chi connectivity index (χ0v) is 13.2. The van der Waals surface area contributed by atoms with Crippen LogP contribution >= 0.6 is 15.9 Å². The van der Waals surface area contributed by atoms with Gasteiger partial charge in [-0.1, -0.05) is 15.9 Å². The minimum atomic E-state index is -0.300. The Hall–Kier alpha value is -2.21. The lowest BCUT2D eigenvalue weighted by Crippen LogP contribution is -2.25. The summed E-state index contributed by atoms with van der Waals surface area (Å²) < 4.78 is 14.0. The largest absolute Gasteiger partial charge is 0.352 e. The van der Waals surface area contributed by atoms with Crippen molar-refractivity contribution in [3.8, 4) is 0 Å². The SMILES string of the molecule is O=C(NCCc1nc2ccc(F)cc2[nH]1)c1ccc(Br)cc1. The molecule has 6 heteroatoms. The van der Waals surface area contributed by atoms with E-state index in [4.69, 9.17) is 0 Å². The number of aromatic amines is 1. The molecule has 3 rings (SSSR count). The number of nitrogens with zero attached hydrogens (tertiary/aromatic N) is 1. The molecule has 0 aliphatic rings. The molecule has 0 saturated carbocycles. The molecule has 0 saturated heterocycles. The Bertz CT molecular complexity index is 814. The number of nitrogens with one attached hydrogen (secondary N) is 2. The van der Waals surface area contributed by atoms with E-state index in [1.165, 1.54) is 12.1 Å². The third-order valence-electron chi connectivity index (χ3n) is 3.25. The summed E-state index contributed by atoms with van der Waals surface area (Å²) in [6, 6.07) is 11.6. The minimum absolute atomic E-state index is 0.130. The Morgan fingerprint density at radius 1 is 1.23 bits per heavy atom. The second-order valence-electron chi connectivity index (χ2n) is 4.86. The molecular weight excluding hydrogens is 349 g/mol. The van der Waals surface area contributed by atoms with E-state index in [0.29, 0.717) is 24.0 Å². The first-order chi connectivity index (χ1) is 10.6. The maximum absolute atomic E-state index is 13.1. The summed E-state index contributed by atoms with van der Waals surface area (Å²) >= 11 is 3.33. The maximum Gasteiger partial charge on any atom is 0.251 e. The molecule has 0 aliphatic heterocycles. The highest BCUT2D eigenvalue weighted by molar-refractivity contribution is 9.10. The fraction of sp³-hybridized carbons (Fsp3) is 0.125. The van der Waals surface area contributed by atoms with Crippen LogP contribution in [0, 0.1) is 5.82 Å². The molecular formula is C16H13BrFN3O. The van der Waals surface area contributed by atoms with Crippen molar-refractivity contribution >= 4 is 32.9 Å². The highest BCUT2D eigenvalue weighted by Gasteiger charge is 2.07. The number of hydrogen-bond acceptors (Lipinski definition) is 2. The van der Waals surface area contributed by atoms with Gasteiger partial charge < -0.3 is 10.3 Å². The van der Waals surface area contributed by atoms with Gasteiger partial charge in [-0.2, -0.15) is 0 Å². The van der Waals surface area contributed by atoms with E-state index in [0.717, 1.165) is 15.8 Å². The lowest BCUT2D eigenvalue weighted by atomic mass is 10.2. The van der Waals surface area contributed by atoms with Crippen LogP contribution in [0.15, 0.2) is 46.9 Å². The van der Waals surface area contributed by atoms with E-state index in [1.807, 2.05) is 12.1 Å². The van der Waals surface area contributed by atoms with E-state index < -0.39 is 0 Å². The summed E-state index contributed by atoms with van der Waals surface area (Å²) in [6.45, 7) is 0.456. The van der Waals surface area contributed by atoms with Crippen LogP contribution in [0.2, 0.25) is 0 Å². The number of rotatable bonds is 4. The van der Waals surface area contributed by atoms with E-state index >= 15 is 0 Å². The van der Waals surface area contributed by atoms with Crippen molar-refractivity contribution in [1.29, 1.82) is 0 Å². The molecule has 0 unspecified atom stereocenters. The van der Waals surface area contributed by atoms with Crippen LogP contribution in [-0.2, 0) is 6.42 Å². The van der Waals surface area contributed by atoms with Crippen molar-refractivity contribution in [1.82, 2.24) is 15.3 Å². The first-order valence-electron chi connectivity index (χ1n) is 6.80. The molecule has 112 valence electrons. The zero-order valence-electron chi connectivity index (χ0n) is 11.6. The number of carbonyl (C=O) groups excluding carboxylic acids is 1. The van der Waals surface area contributed by atoms with Crippen molar-refractivity contribution in [3.05, 3.63) is 64.1 Å². The predicted molar refractivity (Wildman–Crippen MR) is 86.2 cm³/mol. The van der Waals surface area contributed by atoms with Crippen molar-refractivity contribution in [2.45, 2.75) is 6.42 Å². The van der Waals surface area contributed by atoms with Crippen molar-refractivity contribution < 1.29 is 9.18 Å². The van der Waals surface area contributed by atoms with Gasteiger partial charge in [-0.25, -0.2) is 9.37 Å². The van der Waals surface area contributed by atoms with Crippen molar-refractivity contribution in [3.63, 3.8) is 0 Å². The molecule has 0 atom stereocenters. The van der Waals surface area contributed by atoms with Gasteiger partial charge in [-0.15, -0.1) is 0 Å². The summed E-state index contributed by atoms with van der Waals surface area (Å²) in [5, 5.41) is 2.83. The Morgan fingerprint density at radius 2 is 2.00 bits per heavy atom. The topological polar surface area (TPSA) is 57.8 Å². The van der Waals surface area contributed by atoms with Gasteiger partial charge in [0.05, 0.1) is 11.0 Å². The minimum Gasteiger partial charge on any atom is -0.352 e. The fourth-order valence-electron chi connectivity index (χ4n) is 2.15. The third kappa shape index (κ3) is 3.33. The predicted octanol–water partition coefficient (Wildman–Crippen LogP) is 3.44. The fourth-order valence-corrected chi connectivity index (χ4v) is 2.42. The van der Waals surface area contributed by atoms with Gasteiger partial charge in [0.15, 0.2) is 0 Å². The number of aromatic nitrogens is 2. The summed E-state index contributed by atoms with van der Waals surface area (Å²) in [7, 11) is 0. The van der Waals surface area contributed by atoms with Crippen LogP contribution in [0.1, 0.15) is 16.2 Å². The molecule has 3 aromatic rings. The van der Waals surface area contributed by atoms with Gasteiger partial charge in [-0.3, -0.25) is 4.79 Å². The number of carbonyl (C=O) groups is 1. The van der Waals surface area contributed by atoms with Crippen LogP contribution in [0.3, 0.4) is 0 Å². The normalized spacial score (nSPS) is 10.8. The van der Waals surface area contributed by atoms with Crippen LogP contribution in [0.5, 0.6) is 0 Å². The lowest BCUT2D eigenvalue weighted by molar-refractivity contribution is 0.0954. The number of H-pyrrole nitrogens is 1. The van der Waals surface area contributed by atoms with Gasteiger partial charge in [-0.05, 0) is 42.5 Å². The number of hydrogen-bond donors (Lipinski definition) is 2. The van der Waals surface area contributed by atoms with Crippen molar-refractivity contribution in [2.24, 2.45) is 0 Å². The number of amides is 1. The van der Waals surface area contributed by atoms with Crippen LogP contribution in [0.25, 0.3) is 11.0 Å². The molecule has 2 aromatic carbocycles. The Labute approximate surface area is 134 Å². The monoisotopic (exact) mass is 361 g/mol. The summed E-state index contributed by atoms with van der Waals surface area (Å²) in [4.78, 5) is 19.4. The van der Waals surface area contributed by atoms with E-state index in [2.05, 4.69) is 31.2 Å². The van der Waals surface area contributed by atoms with E-state index in [1.54, 1.807) is 18.2 Å². The Kier molecular flexibility index (Phi) is 4.20. The number of benzene rings is 2. The zero-order chi connectivity index (χ0) is 15.5. The van der Waals surface area contributed by atoms with Gasteiger partial charge >= 0.3 is 0 Å². The van der Waals surface area contributed by atoms with Gasteiger partial charge in [0.1, 0.15) is 11.6 Å². The molecule has 0 bridgehead atoms. The average Bonchev–Trinajstić information content (AvgIpc) is 2.89. The second kappa shape index (κ2) is 6.27. The van der Waals surface area contributed by atoms with Crippen molar-refractivity contribution in [2.75, 3.05) is 6.54 Å². The average molecular weight is 362 g/mol.